The Morgan fingerprint density at radius 3 is 2.71 bits per heavy atom. The second kappa shape index (κ2) is 4.92. The Bertz CT molecular complexity index is 471. The van der Waals surface area contributed by atoms with Crippen LogP contribution in [0.1, 0.15) is 43.4 Å². The number of hydrogen-bond acceptors (Lipinski definition) is 3. The molecule has 3 nitrogen and oxygen atoms in total. The quantitative estimate of drug-likeness (QED) is 0.887. The molecular formula is C13H19N3S. The zero-order valence-electron chi connectivity index (χ0n) is 10.8. The van der Waals surface area contributed by atoms with Crippen molar-refractivity contribution in [2.45, 2.75) is 39.8 Å². The molecular weight excluding hydrogens is 230 g/mol. The monoisotopic (exact) mass is 249 g/mol. The molecule has 0 aromatic carbocycles. The highest BCUT2D eigenvalue weighted by Gasteiger charge is 2.12. The summed E-state index contributed by atoms with van der Waals surface area (Å²) >= 11 is 1.77. The molecule has 0 fully saturated rings. The molecule has 1 atom stereocenters. The summed E-state index contributed by atoms with van der Waals surface area (Å²) in [5.74, 6) is 0.957. The van der Waals surface area contributed by atoms with Crippen LogP contribution in [0.2, 0.25) is 0 Å². The lowest BCUT2D eigenvalue weighted by Gasteiger charge is -2.16. The lowest BCUT2D eigenvalue weighted by Crippen LogP contribution is -2.11. The minimum absolute atomic E-state index is 0.300. The summed E-state index contributed by atoms with van der Waals surface area (Å²) in [5, 5.41) is 5.58. The van der Waals surface area contributed by atoms with Gasteiger partial charge < -0.3 is 9.88 Å². The van der Waals surface area contributed by atoms with Crippen LogP contribution in [0.4, 0.5) is 5.95 Å². The molecule has 0 aliphatic heterocycles. The Balaban J connectivity index is 2.18. The van der Waals surface area contributed by atoms with E-state index in [4.69, 9.17) is 0 Å². The van der Waals surface area contributed by atoms with E-state index in [1.54, 1.807) is 11.3 Å². The van der Waals surface area contributed by atoms with Gasteiger partial charge in [0.2, 0.25) is 5.95 Å². The molecule has 1 N–H and O–H groups in total. The molecule has 4 heteroatoms. The first-order valence-corrected chi connectivity index (χ1v) is 6.81. The summed E-state index contributed by atoms with van der Waals surface area (Å²) in [6, 6.07) is 4.96. The van der Waals surface area contributed by atoms with Gasteiger partial charge >= 0.3 is 0 Å². The van der Waals surface area contributed by atoms with Crippen molar-refractivity contribution >= 4 is 17.3 Å². The van der Waals surface area contributed by atoms with E-state index in [-0.39, 0.29) is 0 Å². The summed E-state index contributed by atoms with van der Waals surface area (Å²) in [5.41, 5.74) is 1.06. The standard InChI is InChI=1S/C13H19N3S/c1-9(2)16-8-10(3)14-13(16)15-11(4)12-6-5-7-17-12/h5-9,11H,1-4H3,(H,14,15). The molecule has 0 spiro atoms. The van der Waals surface area contributed by atoms with E-state index in [0.29, 0.717) is 12.1 Å². The number of rotatable bonds is 4. The topological polar surface area (TPSA) is 29.9 Å². The lowest BCUT2D eigenvalue weighted by molar-refractivity contribution is 0.600. The summed E-state index contributed by atoms with van der Waals surface area (Å²) < 4.78 is 2.18. The highest BCUT2D eigenvalue weighted by Crippen LogP contribution is 2.24. The second-order valence-corrected chi connectivity index (χ2v) is 5.57. The van der Waals surface area contributed by atoms with E-state index < -0.39 is 0 Å². The summed E-state index contributed by atoms with van der Waals surface area (Å²) in [6.07, 6.45) is 2.09. The second-order valence-electron chi connectivity index (χ2n) is 4.59. The Kier molecular flexibility index (Phi) is 3.52. The Hall–Kier alpha value is -1.29. The number of anilines is 1. The predicted octanol–water partition coefficient (Wildman–Crippen LogP) is 4.01. The van der Waals surface area contributed by atoms with Crippen LogP contribution in [0.15, 0.2) is 23.7 Å². The minimum Gasteiger partial charge on any atom is -0.348 e. The fourth-order valence-electron chi connectivity index (χ4n) is 1.82. The van der Waals surface area contributed by atoms with Crippen LogP contribution in [0.5, 0.6) is 0 Å². The molecule has 0 aliphatic carbocycles. The van der Waals surface area contributed by atoms with Crippen LogP contribution in [0.25, 0.3) is 0 Å². The van der Waals surface area contributed by atoms with Gasteiger partial charge in [-0.1, -0.05) is 6.07 Å². The van der Waals surface area contributed by atoms with Crippen molar-refractivity contribution in [1.82, 2.24) is 9.55 Å². The molecule has 2 aromatic rings. The minimum atomic E-state index is 0.300. The molecule has 0 bridgehead atoms. The van der Waals surface area contributed by atoms with E-state index in [1.807, 2.05) is 6.92 Å². The highest BCUT2D eigenvalue weighted by molar-refractivity contribution is 7.10. The SMILES string of the molecule is Cc1cn(C(C)C)c(NC(C)c2cccs2)n1. The Morgan fingerprint density at radius 1 is 1.35 bits per heavy atom. The van der Waals surface area contributed by atoms with E-state index >= 15 is 0 Å². The number of thiophene rings is 1. The number of hydrogen-bond donors (Lipinski definition) is 1. The molecule has 0 saturated carbocycles. The van der Waals surface area contributed by atoms with Crippen LogP contribution in [-0.4, -0.2) is 9.55 Å². The van der Waals surface area contributed by atoms with Crippen LogP contribution in [0.3, 0.4) is 0 Å². The average Bonchev–Trinajstić information content (AvgIpc) is 2.86. The maximum Gasteiger partial charge on any atom is 0.203 e. The molecule has 2 heterocycles. The van der Waals surface area contributed by atoms with Crippen molar-refractivity contribution < 1.29 is 0 Å². The van der Waals surface area contributed by atoms with Crippen molar-refractivity contribution in [1.29, 1.82) is 0 Å². The number of nitrogens with one attached hydrogen (secondary N) is 1. The third kappa shape index (κ3) is 2.69. The van der Waals surface area contributed by atoms with E-state index in [2.05, 4.69) is 59.3 Å². The van der Waals surface area contributed by atoms with Gasteiger partial charge in [0.15, 0.2) is 0 Å². The van der Waals surface area contributed by atoms with E-state index in [1.165, 1.54) is 4.88 Å². The van der Waals surface area contributed by atoms with E-state index in [9.17, 15) is 0 Å². The van der Waals surface area contributed by atoms with Crippen molar-refractivity contribution in [3.05, 3.63) is 34.3 Å². The number of nitrogens with zero attached hydrogens (tertiary/aromatic N) is 2. The highest BCUT2D eigenvalue weighted by atomic mass is 32.1. The van der Waals surface area contributed by atoms with E-state index in [0.717, 1.165) is 11.6 Å². The van der Waals surface area contributed by atoms with Gasteiger partial charge in [-0.25, -0.2) is 4.98 Å². The van der Waals surface area contributed by atoms with Crippen molar-refractivity contribution in [2.75, 3.05) is 5.32 Å². The van der Waals surface area contributed by atoms with Crippen LogP contribution in [0, 0.1) is 6.92 Å². The molecule has 0 radical (unpaired) electrons. The summed E-state index contributed by atoms with van der Waals surface area (Å²) in [4.78, 5) is 5.87. The molecule has 0 aliphatic rings. The third-order valence-electron chi connectivity index (χ3n) is 2.72. The Labute approximate surface area is 107 Å². The first-order valence-electron chi connectivity index (χ1n) is 5.93. The Morgan fingerprint density at radius 2 is 2.12 bits per heavy atom. The van der Waals surface area contributed by atoms with Crippen molar-refractivity contribution in [3.63, 3.8) is 0 Å². The van der Waals surface area contributed by atoms with Gasteiger partial charge in [0.1, 0.15) is 0 Å². The largest absolute Gasteiger partial charge is 0.348 e. The molecule has 17 heavy (non-hydrogen) atoms. The van der Waals surface area contributed by atoms with Gasteiger partial charge in [-0.05, 0) is 39.1 Å². The third-order valence-corrected chi connectivity index (χ3v) is 3.78. The fourth-order valence-corrected chi connectivity index (χ4v) is 2.55. The number of aromatic nitrogens is 2. The molecule has 0 amide bonds. The maximum absolute atomic E-state index is 4.54. The molecule has 1 unspecified atom stereocenters. The van der Waals surface area contributed by atoms with Crippen LogP contribution in [-0.2, 0) is 0 Å². The van der Waals surface area contributed by atoms with Crippen LogP contribution >= 0.6 is 11.3 Å². The summed E-state index contributed by atoms with van der Waals surface area (Å²) in [7, 11) is 0. The van der Waals surface area contributed by atoms with Gasteiger partial charge in [-0.2, -0.15) is 0 Å². The molecule has 2 aromatic heterocycles. The van der Waals surface area contributed by atoms with Gasteiger partial charge in [-0.3, -0.25) is 0 Å². The zero-order chi connectivity index (χ0) is 12.4. The molecule has 0 saturated heterocycles. The predicted molar refractivity (Wildman–Crippen MR) is 73.7 cm³/mol. The van der Waals surface area contributed by atoms with Crippen LogP contribution < -0.4 is 5.32 Å². The van der Waals surface area contributed by atoms with Crippen molar-refractivity contribution in [2.24, 2.45) is 0 Å². The zero-order valence-corrected chi connectivity index (χ0v) is 11.6. The lowest BCUT2D eigenvalue weighted by atomic mass is 10.3. The number of imidazole rings is 1. The van der Waals surface area contributed by atoms with Gasteiger partial charge in [0.25, 0.3) is 0 Å². The van der Waals surface area contributed by atoms with Gasteiger partial charge in [0.05, 0.1) is 11.7 Å². The first kappa shape index (κ1) is 12.2. The first-order chi connectivity index (χ1) is 8.08. The molecule has 92 valence electrons. The fraction of sp³-hybridized carbons (Fsp3) is 0.462. The molecule has 2 rings (SSSR count). The smallest absolute Gasteiger partial charge is 0.203 e. The van der Waals surface area contributed by atoms with Gasteiger partial charge in [0, 0.05) is 17.1 Å². The van der Waals surface area contributed by atoms with Crippen molar-refractivity contribution in [3.8, 4) is 0 Å². The summed E-state index contributed by atoms with van der Waals surface area (Å²) in [6.45, 7) is 8.53. The maximum atomic E-state index is 4.54. The number of aryl methyl sites for hydroxylation is 1. The average molecular weight is 249 g/mol. The van der Waals surface area contributed by atoms with Gasteiger partial charge in [-0.15, -0.1) is 11.3 Å². The normalized spacial score (nSPS) is 13.0.